The Morgan fingerprint density at radius 1 is 1.41 bits per heavy atom. The minimum absolute atomic E-state index is 0.0907. The van der Waals surface area contributed by atoms with Crippen molar-refractivity contribution >= 4 is 16.0 Å². The average Bonchev–Trinajstić information content (AvgIpc) is 2.27. The molecule has 0 saturated heterocycles. The molecular weight excluding hydrogens is 244 g/mol. The first kappa shape index (κ1) is 16.3. The molecule has 0 aliphatic carbocycles. The van der Waals surface area contributed by atoms with Crippen molar-refractivity contribution in [3.63, 3.8) is 0 Å². The van der Waals surface area contributed by atoms with Gasteiger partial charge in [0, 0.05) is 13.6 Å². The molecule has 0 aliphatic rings. The number of carbonyl (C=O) groups excluding carboxylic acids is 1. The summed E-state index contributed by atoms with van der Waals surface area (Å²) in [6.45, 7) is 3.18. The van der Waals surface area contributed by atoms with Crippen LogP contribution in [0.4, 0.5) is 0 Å². The summed E-state index contributed by atoms with van der Waals surface area (Å²) >= 11 is 0. The lowest BCUT2D eigenvalue weighted by Crippen LogP contribution is -2.32. The Morgan fingerprint density at radius 3 is 2.59 bits per heavy atom. The van der Waals surface area contributed by atoms with Gasteiger partial charge in [0.05, 0.1) is 18.8 Å². The van der Waals surface area contributed by atoms with Gasteiger partial charge in [-0.2, -0.15) is 0 Å². The number of hydrogen-bond acceptors (Lipinski definition) is 5. The molecule has 102 valence electrons. The van der Waals surface area contributed by atoms with Crippen molar-refractivity contribution in [2.45, 2.75) is 19.8 Å². The van der Waals surface area contributed by atoms with Gasteiger partial charge in [0.2, 0.25) is 10.0 Å². The van der Waals surface area contributed by atoms with E-state index in [1.54, 1.807) is 6.92 Å². The second kappa shape index (κ2) is 8.43. The van der Waals surface area contributed by atoms with E-state index in [0.717, 1.165) is 13.0 Å². The second-order valence-electron chi connectivity index (χ2n) is 3.65. The average molecular weight is 266 g/mol. The molecule has 0 aromatic carbocycles. The number of esters is 1. The van der Waals surface area contributed by atoms with Gasteiger partial charge < -0.3 is 10.1 Å². The highest BCUT2D eigenvalue weighted by Gasteiger charge is 2.19. The van der Waals surface area contributed by atoms with Crippen LogP contribution in [0.1, 0.15) is 19.8 Å². The van der Waals surface area contributed by atoms with Gasteiger partial charge in [-0.05, 0) is 26.9 Å². The summed E-state index contributed by atoms with van der Waals surface area (Å²) in [6, 6.07) is 0. The molecule has 0 aromatic rings. The van der Waals surface area contributed by atoms with Crippen LogP contribution in [-0.2, 0) is 19.6 Å². The fourth-order valence-electron chi connectivity index (χ4n) is 1.22. The number of carbonyl (C=O) groups is 1. The van der Waals surface area contributed by atoms with Crippen LogP contribution >= 0.6 is 0 Å². The van der Waals surface area contributed by atoms with Crippen LogP contribution in [0.15, 0.2) is 0 Å². The topological polar surface area (TPSA) is 75.7 Å². The number of rotatable bonds is 9. The SMILES string of the molecule is CCOC(=O)CCS(=O)(=O)N(C)CCCNC. The Labute approximate surface area is 103 Å². The number of nitrogens with zero attached hydrogens (tertiary/aromatic N) is 1. The van der Waals surface area contributed by atoms with E-state index in [9.17, 15) is 13.2 Å². The zero-order valence-corrected chi connectivity index (χ0v) is 11.5. The molecular formula is C10H22N2O4S. The molecule has 0 radical (unpaired) electrons. The van der Waals surface area contributed by atoms with E-state index in [1.165, 1.54) is 11.4 Å². The predicted octanol–water partition coefficient (Wildman–Crippen LogP) is -0.189. The molecule has 0 amide bonds. The molecule has 0 aliphatic heterocycles. The molecule has 0 unspecified atom stereocenters. The summed E-state index contributed by atoms with van der Waals surface area (Å²) in [4.78, 5) is 11.1. The van der Waals surface area contributed by atoms with Crippen molar-refractivity contribution in [2.75, 3.05) is 39.5 Å². The molecule has 0 spiro atoms. The van der Waals surface area contributed by atoms with E-state index in [0.29, 0.717) is 6.54 Å². The van der Waals surface area contributed by atoms with E-state index in [2.05, 4.69) is 10.1 Å². The van der Waals surface area contributed by atoms with Gasteiger partial charge in [0.25, 0.3) is 0 Å². The maximum Gasteiger partial charge on any atom is 0.306 e. The zero-order valence-electron chi connectivity index (χ0n) is 10.7. The van der Waals surface area contributed by atoms with Crippen LogP contribution in [0.2, 0.25) is 0 Å². The van der Waals surface area contributed by atoms with Gasteiger partial charge in [-0.1, -0.05) is 0 Å². The Bertz CT molecular complexity index is 316. The van der Waals surface area contributed by atoms with E-state index in [1.807, 2.05) is 7.05 Å². The van der Waals surface area contributed by atoms with Crippen LogP contribution in [0.3, 0.4) is 0 Å². The maximum atomic E-state index is 11.7. The molecule has 0 heterocycles. The lowest BCUT2D eigenvalue weighted by atomic mass is 10.4. The Hall–Kier alpha value is -0.660. The van der Waals surface area contributed by atoms with Gasteiger partial charge in [-0.15, -0.1) is 0 Å². The van der Waals surface area contributed by atoms with E-state index < -0.39 is 16.0 Å². The van der Waals surface area contributed by atoms with Crippen LogP contribution in [0.25, 0.3) is 0 Å². The third-order valence-electron chi connectivity index (χ3n) is 2.24. The standard InChI is InChI=1S/C10H22N2O4S/c1-4-16-10(13)6-9-17(14,15)12(3)8-5-7-11-2/h11H,4-9H2,1-3H3. The molecule has 0 fully saturated rings. The van der Waals surface area contributed by atoms with Crippen LogP contribution in [-0.4, -0.2) is 58.2 Å². The summed E-state index contributed by atoms with van der Waals surface area (Å²) in [5, 5.41) is 2.95. The number of sulfonamides is 1. The summed E-state index contributed by atoms with van der Waals surface area (Å²) in [6.07, 6.45) is 0.651. The molecule has 0 saturated carbocycles. The monoisotopic (exact) mass is 266 g/mol. The Kier molecular flexibility index (Phi) is 8.11. The molecule has 0 aromatic heterocycles. The highest BCUT2D eigenvalue weighted by Crippen LogP contribution is 2.02. The van der Waals surface area contributed by atoms with Crippen LogP contribution < -0.4 is 5.32 Å². The molecule has 6 nitrogen and oxygen atoms in total. The minimum Gasteiger partial charge on any atom is -0.466 e. The molecule has 0 bridgehead atoms. The van der Waals surface area contributed by atoms with Crippen molar-refractivity contribution < 1.29 is 17.9 Å². The van der Waals surface area contributed by atoms with Crippen molar-refractivity contribution in [1.29, 1.82) is 0 Å². The predicted molar refractivity (Wildman–Crippen MR) is 66.2 cm³/mol. The molecule has 7 heteroatoms. The highest BCUT2D eigenvalue weighted by atomic mass is 32.2. The van der Waals surface area contributed by atoms with Crippen LogP contribution in [0, 0.1) is 0 Å². The normalized spacial score (nSPS) is 11.8. The van der Waals surface area contributed by atoms with Crippen molar-refractivity contribution in [1.82, 2.24) is 9.62 Å². The smallest absolute Gasteiger partial charge is 0.306 e. The fraction of sp³-hybridized carbons (Fsp3) is 0.900. The molecule has 0 rings (SSSR count). The van der Waals surface area contributed by atoms with Gasteiger partial charge in [0.15, 0.2) is 0 Å². The first-order valence-corrected chi connectivity index (χ1v) is 7.29. The molecule has 17 heavy (non-hydrogen) atoms. The molecule has 0 atom stereocenters. The summed E-state index contributed by atoms with van der Waals surface area (Å²) < 4.78 is 29.4. The minimum atomic E-state index is -3.35. The van der Waals surface area contributed by atoms with Crippen molar-refractivity contribution in [3.8, 4) is 0 Å². The second-order valence-corrected chi connectivity index (χ2v) is 5.85. The van der Waals surface area contributed by atoms with Gasteiger partial charge in [-0.3, -0.25) is 4.79 Å². The first-order valence-electron chi connectivity index (χ1n) is 5.68. The third kappa shape index (κ3) is 7.30. The zero-order chi connectivity index (χ0) is 13.3. The highest BCUT2D eigenvalue weighted by molar-refractivity contribution is 7.89. The summed E-state index contributed by atoms with van der Waals surface area (Å²) in [5.41, 5.74) is 0. The van der Waals surface area contributed by atoms with Crippen molar-refractivity contribution in [2.24, 2.45) is 0 Å². The van der Waals surface area contributed by atoms with Gasteiger partial charge >= 0.3 is 5.97 Å². The van der Waals surface area contributed by atoms with Gasteiger partial charge in [0.1, 0.15) is 0 Å². The Balaban J connectivity index is 4.05. The number of ether oxygens (including phenoxy) is 1. The number of nitrogens with one attached hydrogen (secondary N) is 1. The van der Waals surface area contributed by atoms with Crippen LogP contribution in [0.5, 0.6) is 0 Å². The molecule has 1 N–H and O–H groups in total. The largest absolute Gasteiger partial charge is 0.466 e. The summed E-state index contributed by atoms with van der Waals surface area (Å²) in [5.74, 6) is -0.665. The Morgan fingerprint density at radius 2 is 2.06 bits per heavy atom. The number of hydrogen-bond donors (Lipinski definition) is 1. The fourth-order valence-corrected chi connectivity index (χ4v) is 2.36. The first-order chi connectivity index (χ1) is 7.94. The van der Waals surface area contributed by atoms with E-state index in [-0.39, 0.29) is 18.8 Å². The third-order valence-corrected chi connectivity index (χ3v) is 4.10. The van der Waals surface area contributed by atoms with E-state index >= 15 is 0 Å². The lowest BCUT2D eigenvalue weighted by molar-refractivity contribution is -0.142. The van der Waals surface area contributed by atoms with Crippen molar-refractivity contribution in [3.05, 3.63) is 0 Å². The maximum absolute atomic E-state index is 11.7. The summed E-state index contributed by atoms with van der Waals surface area (Å²) in [7, 11) is -0.0107. The lowest BCUT2D eigenvalue weighted by Gasteiger charge is -2.16. The quantitative estimate of drug-likeness (QED) is 0.462. The van der Waals surface area contributed by atoms with Gasteiger partial charge in [-0.25, -0.2) is 12.7 Å². The van der Waals surface area contributed by atoms with E-state index in [4.69, 9.17) is 0 Å².